The Morgan fingerprint density at radius 1 is 1.57 bits per heavy atom. The molecule has 1 rings (SSSR count). The Hall–Kier alpha value is -0.870. The van der Waals surface area contributed by atoms with E-state index in [1.54, 1.807) is 0 Å². The fourth-order valence-electron chi connectivity index (χ4n) is 1.25. The minimum Gasteiger partial charge on any atom is -0.361 e. The Balaban J connectivity index is 2.51. The molecule has 0 aliphatic carbocycles. The SMILES string of the molecule is CC(C)c1cc(CN(C)CCN)no1. The van der Waals surface area contributed by atoms with E-state index in [1.165, 1.54) is 0 Å². The monoisotopic (exact) mass is 197 g/mol. The summed E-state index contributed by atoms with van der Waals surface area (Å²) in [6, 6.07) is 2.01. The van der Waals surface area contributed by atoms with E-state index >= 15 is 0 Å². The number of nitrogens with two attached hydrogens (primary N) is 1. The Bertz CT molecular complexity index is 270. The van der Waals surface area contributed by atoms with Gasteiger partial charge < -0.3 is 10.3 Å². The van der Waals surface area contributed by atoms with Crippen molar-refractivity contribution in [3.63, 3.8) is 0 Å². The van der Waals surface area contributed by atoms with Crippen molar-refractivity contribution < 1.29 is 4.52 Å². The highest BCUT2D eigenvalue weighted by Crippen LogP contribution is 2.15. The van der Waals surface area contributed by atoms with E-state index in [4.69, 9.17) is 10.3 Å². The van der Waals surface area contributed by atoms with Crippen molar-refractivity contribution in [2.24, 2.45) is 5.73 Å². The minimum atomic E-state index is 0.399. The fraction of sp³-hybridized carbons (Fsp3) is 0.700. The molecule has 0 radical (unpaired) electrons. The zero-order valence-corrected chi connectivity index (χ0v) is 9.16. The van der Waals surface area contributed by atoms with Crippen LogP contribution in [0.25, 0.3) is 0 Å². The van der Waals surface area contributed by atoms with Gasteiger partial charge in [-0.25, -0.2) is 0 Å². The third kappa shape index (κ3) is 3.12. The molecule has 14 heavy (non-hydrogen) atoms. The maximum Gasteiger partial charge on any atom is 0.139 e. The van der Waals surface area contributed by atoms with E-state index < -0.39 is 0 Å². The summed E-state index contributed by atoms with van der Waals surface area (Å²) in [7, 11) is 2.02. The second-order valence-corrected chi connectivity index (χ2v) is 3.90. The third-order valence-corrected chi connectivity index (χ3v) is 2.09. The molecule has 2 N–H and O–H groups in total. The molecule has 0 saturated heterocycles. The van der Waals surface area contributed by atoms with Crippen molar-refractivity contribution in [2.45, 2.75) is 26.3 Å². The van der Waals surface area contributed by atoms with Gasteiger partial charge >= 0.3 is 0 Å². The predicted molar refractivity (Wildman–Crippen MR) is 56.0 cm³/mol. The Kier molecular flexibility index (Phi) is 4.10. The topological polar surface area (TPSA) is 55.3 Å². The molecule has 0 bridgehead atoms. The van der Waals surface area contributed by atoms with Crippen LogP contribution in [0.15, 0.2) is 10.6 Å². The molecule has 0 spiro atoms. The van der Waals surface area contributed by atoms with E-state index in [2.05, 4.69) is 23.9 Å². The van der Waals surface area contributed by atoms with Crippen LogP contribution in [-0.2, 0) is 6.54 Å². The first-order valence-corrected chi connectivity index (χ1v) is 4.97. The molecule has 0 aliphatic rings. The van der Waals surface area contributed by atoms with Crippen LogP contribution < -0.4 is 5.73 Å². The molecule has 4 heteroatoms. The van der Waals surface area contributed by atoms with Crippen LogP contribution in [0, 0.1) is 0 Å². The molecular formula is C10H19N3O. The first-order valence-electron chi connectivity index (χ1n) is 4.97. The second-order valence-electron chi connectivity index (χ2n) is 3.90. The van der Waals surface area contributed by atoms with Crippen LogP contribution in [0.4, 0.5) is 0 Å². The zero-order chi connectivity index (χ0) is 10.6. The van der Waals surface area contributed by atoms with E-state index in [9.17, 15) is 0 Å². The largest absolute Gasteiger partial charge is 0.361 e. The highest BCUT2D eigenvalue weighted by molar-refractivity contribution is 5.08. The summed E-state index contributed by atoms with van der Waals surface area (Å²) < 4.78 is 5.20. The van der Waals surface area contributed by atoms with E-state index in [1.807, 2.05) is 13.1 Å². The van der Waals surface area contributed by atoms with E-state index in [0.29, 0.717) is 12.5 Å². The summed E-state index contributed by atoms with van der Waals surface area (Å²) in [5.41, 5.74) is 6.43. The van der Waals surface area contributed by atoms with Gasteiger partial charge in [-0.05, 0) is 7.05 Å². The van der Waals surface area contributed by atoms with Gasteiger partial charge in [-0.3, -0.25) is 4.90 Å². The lowest BCUT2D eigenvalue weighted by Crippen LogP contribution is -2.25. The van der Waals surface area contributed by atoms with Gasteiger partial charge in [-0.15, -0.1) is 0 Å². The third-order valence-electron chi connectivity index (χ3n) is 2.09. The molecule has 1 aromatic rings. The van der Waals surface area contributed by atoms with Crippen molar-refractivity contribution in [2.75, 3.05) is 20.1 Å². The Labute approximate surface area is 85.1 Å². The van der Waals surface area contributed by atoms with Gasteiger partial charge in [0.15, 0.2) is 0 Å². The molecule has 0 atom stereocenters. The summed E-state index contributed by atoms with van der Waals surface area (Å²) in [4.78, 5) is 2.13. The maximum atomic E-state index is 5.45. The molecule has 1 heterocycles. The first-order chi connectivity index (χ1) is 6.63. The lowest BCUT2D eigenvalue weighted by Gasteiger charge is -2.12. The van der Waals surface area contributed by atoms with Gasteiger partial charge in [0.25, 0.3) is 0 Å². The number of likely N-dealkylation sites (N-methyl/N-ethyl adjacent to an activating group) is 1. The van der Waals surface area contributed by atoms with Crippen LogP contribution in [0.3, 0.4) is 0 Å². The first kappa shape index (κ1) is 11.2. The van der Waals surface area contributed by atoms with Crippen molar-refractivity contribution in [1.82, 2.24) is 10.1 Å². The summed E-state index contributed by atoms with van der Waals surface area (Å²) in [5, 5.41) is 4.00. The van der Waals surface area contributed by atoms with Gasteiger partial charge in [0.2, 0.25) is 0 Å². The quantitative estimate of drug-likeness (QED) is 0.770. The molecule has 0 amide bonds. The number of nitrogens with zero attached hydrogens (tertiary/aromatic N) is 2. The van der Waals surface area contributed by atoms with E-state index in [-0.39, 0.29) is 0 Å². The molecule has 0 aromatic carbocycles. The highest BCUT2D eigenvalue weighted by atomic mass is 16.5. The van der Waals surface area contributed by atoms with Crippen LogP contribution in [0.2, 0.25) is 0 Å². The minimum absolute atomic E-state index is 0.399. The van der Waals surface area contributed by atoms with Gasteiger partial charge in [-0.1, -0.05) is 19.0 Å². The lowest BCUT2D eigenvalue weighted by atomic mass is 10.1. The Morgan fingerprint density at radius 2 is 2.29 bits per heavy atom. The average molecular weight is 197 g/mol. The van der Waals surface area contributed by atoms with E-state index in [0.717, 1.165) is 24.5 Å². The van der Waals surface area contributed by atoms with Gasteiger partial charge in [0, 0.05) is 31.6 Å². The summed E-state index contributed by atoms with van der Waals surface area (Å²) in [5.74, 6) is 1.34. The normalized spacial score (nSPS) is 11.6. The van der Waals surface area contributed by atoms with Crippen molar-refractivity contribution in [3.05, 3.63) is 17.5 Å². The maximum absolute atomic E-state index is 5.45. The molecule has 1 aromatic heterocycles. The number of hydrogen-bond acceptors (Lipinski definition) is 4. The van der Waals surface area contributed by atoms with Crippen LogP contribution in [0.5, 0.6) is 0 Å². The molecule has 0 unspecified atom stereocenters. The second kappa shape index (κ2) is 5.12. The fourth-order valence-corrected chi connectivity index (χ4v) is 1.25. The van der Waals surface area contributed by atoms with Gasteiger partial charge in [0.1, 0.15) is 5.76 Å². The summed E-state index contributed by atoms with van der Waals surface area (Å²) in [6.45, 7) is 6.53. The molecule has 4 nitrogen and oxygen atoms in total. The van der Waals surface area contributed by atoms with Gasteiger partial charge in [-0.2, -0.15) is 0 Å². The molecule has 0 fully saturated rings. The number of aromatic nitrogens is 1. The standard InChI is InChI=1S/C10H19N3O/c1-8(2)10-6-9(12-14-10)7-13(3)5-4-11/h6,8H,4-5,7,11H2,1-3H3. The molecule has 80 valence electrons. The van der Waals surface area contributed by atoms with Crippen LogP contribution >= 0.6 is 0 Å². The smallest absolute Gasteiger partial charge is 0.139 e. The highest BCUT2D eigenvalue weighted by Gasteiger charge is 2.08. The molecule has 0 saturated carbocycles. The zero-order valence-electron chi connectivity index (χ0n) is 9.16. The number of rotatable bonds is 5. The van der Waals surface area contributed by atoms with Crippen LogP contribution in [0.1, 0.15) is 31.2 Å². The van der Waals surface area contributed by atoms with Crippen molar-refractivity contribution in [1.29, 1.82) is 0 Å². The van der Waals surface area contributed by atoms with Gasteiger partial charge in [0.05, 0.1) is 5.69 Å². The Morgan fingerprint density at radius 3 is 2.79 bits per heavy atom. The lowest BCUT2D eigenvalue weighted by molar-refractivity contribution is 0.312. The predicted octanol–water partition coefficient (Wildman–Crippen LogP) is 1.19. The molecule has 0 aliphatic heterocycles. The van der Waals surface area contributed by atoms with Crippen molar-refractivity contribution in [3.8, 4) is 0 Å². The summed E-state index contributed by atoms with van der Waals surface area (Å²) >= 11 is 0. The molecular weight excluding hydrogens is 178 g/mol. The van der Waals surface area contributed by atoms with Crippen LogP contribution in [-0.4, -0.2) is 30.2 Å². The summed E-state index contributed by atoms with van der Waals surface area (Å²) in [6.07, 6.45) is 0. The van der Waals surface area contributed by atoms with Crippen molar-refractivity contribution >= 4 is 0 Å². The number of hydrogen-bond donors (Lipinski definition) is 1. The average Bonchev–Trinajstić information content (AvgIpc) is 2.53.